The Morgan fingerprint density at radius 1 is 1.56 bits per heavy atom. The van der Waals surface area contributed by atoms with Gasteiger partial charge in [-0.05, 0) is 19.8 Å². The number of esters is 1. The van der Waals surface area contributed by atoms with E-state index in [1.807, 2.05) is 0 Å². The fourth-order valence-electron chi connectivity index (χ4n) is 1.47. The molecule has 18 heavy (non-hydrogen) atoms. The smallest absolute Gasteiger partial charge is 0.306 e. The van der Waals surface area contributed by atoms with Crippen molar-refractivity contribution in [2.75, 3.05) is 18.1 Å². The van der Waals surface area contributed by atoms with Gasteiger partial charge >= 0.3 is 5.97 Å². The van der Waals surface area contributed by atoms with Crippen molar-refractivity contribution >= 4 is 27.2 Å². The average Bonchev–Trinajstić information content (AvgIpc) is 2.56. The molecule has 1 rings (SSSR count). The first kappa shape index (κ1) is 15.5. The van der Waals surface area contributed by atoms with Crippen LogP contribution in [0.15, 0.2) is 0 Å². The maximum absolute atomic E-state index is 11.4. The third-order valence-corrected chi connectivity index (χ3v) is 4.36. The van der Waals surface area contributed by atoms with Crippen molar-refractivity contribution in [3.8, 4) is 0 Å². The number of carbonyl (C=O) groups is 1. The van der Waals surface area contributed by atoms with Crippen LogP contribution in [0.25, 0.3) is 0 Å². The number of hydrogen-bond acceptors (Lipinski definition) is 7. The van der Waals surface area contributed by atoms with E-state index in [4.69, 9.17) is 8.92 Å². The van der Waals surface area contributed by atoms with Crippen LogP contribution >= 0.6 is 0 Å². The molecule has 2 atom stereocenters. The van der Waals surface area contributed by atoms with Crippen molar-refractivity contribution in [2.24, 2.45) is 0 Å². The third-order valence-electron chi connectivity index (χ3n) is 2.47. The Kier molecular flexibility index (Phi) is 5.26. The Balaban J connectivity index is 2.37. The van der Waals surface area contributed by atoms with E-state index in [0.717, 1.165) is 0 Å². The molecule has 1 heterocycles. The summed E-state index contributed by atoms with van der Waals surface area (Å²) in [6.45, 7) is 1.36. The first-order valence-electron chi connectivity index (χ1n) is 5.37. The fraction of sp³-hybridized carbons (Fsp3) is 0.889. The zero-order valence-electron chi connectivity index (χ0n) is 9.92. The summed E-state index contributed by atoms with van der Waals surface area (Å²) >= 11 is -2.26. The van der Waals surface area contributed by atoms with Crippen LogP contribution in [0.4, 0.5) is 0 Å². The highest BCUT2D eigenvalue weighted by molar-refractivity contribution is 7.86. The van der Waals surface area contributed by atoms with Crippen molar-refractivity contribution in [3.63, 3.8) is 0 Å². The summed E-state index contributed by atoms with van der Waals surface area (Å²) in [5.41, 5.74) is -0.911. The summed E-state index contributed by atoms with van der Waals surface area (Å²) in [6.07, 6.45) is 0.635. The van der Waals surface area contributed by atoms with E-state index in [9.17, 15) is 22.0 Å². The molecule has 0 N–H and O–H groups in total. The zero-order chi connectivity index (χ0) is 13.8. The van der Waals surface area contributed by atoms with Gasteiger partial charge in [0, 0.05) is 12.2 Å². The van der Waals surface area contributed by atoms with Crippen LogP contribution in [-0.4, -0.2) is 46.9 Å². The van der Waals surface area contributed by atoms with Crippen LogP contribution < -0.4 is 0 Å². The molecule has 0 saturated carbocycles. The summed E-state index contributed by atoms with van der Waals surface area (Å²) in [5.74, 6) is -0.972. The highest BCUT2D eigenvalue weighted by Gasteiger charge is 2.37. The lowest BCUT2D eigenvalue weighted by Gasteiger charge is -2.21. The molecule has 0 aromatic carbocycles. The molecule has 1 saturated heterocycles. The molecular weight excluding hydrogens is 284 g/mol. The van der Waals surface area contributed by atoms with Crippen molar-refractivity contribution in [3.05, 3.63) is 0 Å². The molecule has 0 bridgehead atoms. The van der Waals surface area contributed by atoms with E-state index in [0.29, 0.717) is 6.42 Å². The molecule has 0 aromatic rings. The molecule has 0 spiro atoms. The summed E-state index contributed by atoms with van der Waals surface area (Å²) < 4.78 is 53.1. The monoisotopic (exact) mass is 299 g/mol. The minimum atomic E-state index is -3.78. The molecule has 9 heteroatoms. The second-order valence-corrected chi connectivity index (χ2v) is 7.08. The van der Waals surface area contributed by atoms with Crippen LogP contribution in [0.3, 0.4) is 0 Å². The maximum Gasteiger partial charge on any atom is 0.306 e. The molecule has 0 amide bonds. The van der Waals surface area contributed by atoms with Gasteiger partial charge in [0.2, 0.25) is 0 Å². The number of hydrogen-bond donors (Lipinski definition) is 0. The van der Waals surface area contributed by atoms with Crippen molar-refractivity contribution in [1.29, 1.82) is 0 Å². The summed E-state index contributed by atoms with van der Waals surface area (Å²) in [4.78, 5) is 10.9. The highest BCUT2D eigenvalue weighted by Crippen LogP contribution is 2.26. The van der Waals surface area contributed by atoms with Crippen LogP contribution in [0.1, 0.15) is 26.2 Å². The quantitative estimate of drug-likeness (QED) is 0.360. The van der Waals surface area contributed by atoms with Gasteiger partial charge in [-0.25, -0.2) is 0 Å². The summed E-state index contributed by atoms with van der Waals surface area (Å²) in [6, 6.07) is 0. The molecule has 1 aliphatic heterocycles. The van der Waals surface area contributed by atoms with Gasteiger partial charge in [0.05, 0.1) is 5.75 Å². The lowest BCUT2D eigenvalue weighted by Crippen LogP contribution is -2.32. The SMILES string of the molecule is CC1(COS(=O)(=O)CCCS(=O)[O-])CCC(=O)O1. The Morgan fingerprint density at radius 2 is 2.22 bits per heavy atom. The van der Waals surface area contributed by atoms with Crippen molar-refractivity contribution in [1.82, 2.24) is 0 Å². The largest absolute Gasteiger partial charge is 0.772 e. The van der Waals surface area contributed by atoms with E-state index >= 15 is 0 Å². The molecule has 2 unspecified atom stereocenters. The van der Waals surface area contributed by atoms with Gasteiger partial charge in [-0.15, -0.1) is 0 Å². The maximum atomic E-state index is 11.4. The number of cyclic esters (lactones) is 1. The molecule has 106 valence electrons. The standard InChI is InChI=1S/C9H16O7S2/c1-9(4-3-8(10)16-9)7-15-18(13,14)6-2-5-17(11)12/h2-7H2,1H3,(H,11,12)/p-1. The second-order valence-electron chi connectivity index (χ2n) is 4.31. The topological polar surface area (TPSA) is 110 Å². The highest BCUT2D eigenvalue weighted by atomic mass is 32.2. The van der Waals surface area contributed by atoms with E-state index < -0.39 is 26.8 Å². The zero-order valence-corrected chi connectivity index (χ0v) is 11.5. The molecule has 0 aromatic heterocycles. The van der Waals surface area contributed by atoms with Gasteiger partial charge in [0.1, 0.15) is 12.2 Å². The van der Waals surface area contributed by atoms with Gasteiger partial charge in [0.15, 0.2) is 0 Å². The minimum absolute atomic E-state index is 0.0189. The molecular formula is C9H15O7S2-. The van der Waals surface area contributed by atoms with E-state index in [1.54, 1.807) is 6.92 Å². The molecule has 0 radical (unpaired) electrons. The number of carbonyl (C=O) groups excluding carboxylic acids is 1. The summed E-state index contributed by atoms with van der Waals surface area (Å²) in [7, 11) is -3.78. The Labute approximate surface area is 108 Å². The van der Waals surface area contributed by atoms with Gasteiger partial charge in [0.25, 0.3) is 10.1 Å². The van der Waals surface area contributed by atoms with Crippen LogP contribution in [0.2, 0.25) is 0 Å². The molecule has 7 nitrogen and oxygen atoms in total. The van der Waals surface area contributed by atoms with Gasteiger partial charge < -0.3 is 9.29 Å². The predicted molar refractivity (Wildman–Crippen MR) is 61.9 cm³/mol. The summed E-state index contributed by atoms with van der Waals surface area (Å²) in [5, 5.41) is 0. The average molecular weight is 299 g/mol. The van der Waals surface area contributed by atoms with Gasteiger partial charge in [-0.3, -0.25) is 13.2 Å². The first-order chi connectivity index (χ1) is 8.22. The molecule has 1 fully saturated rings. The lowest BCUT2D eigenvalue weighted by molar-refractivity contribution is -0.149. The number of ether oxygens (including phenoxy) is 1. The third kappa shape index (κ3) is 5.42. The van der Waals surface area contributed by atoms with Gasteiger partial charge in [-0.2, -0.15) is 8.42 Å². The van der Waals surface area contributed by atoms with E-state index in [1.165, 1.54) is 0 Å². The number of rotatable bonds is 7. The first-order valence-corrected chi connectivity index (χ1v) is 8.19. The normalized spacial score (nSPS) is 26.0. The van der Waals surface area contributed by atoms with Crippen molar-refractivity contribution < 1.29 is 30.9 Å². The molecule has 0 aliphatic carbocycles. The lowest BCUT2D eigenvalue weighted by atomic mass is 10.1. The Hall–Kier alpha value is -0.510. The molecule has 1 aliphatic rings. The second kappa shape index (κ2) is 6.09. The van der Waals surface area contributed by atoms with Crippen molar-refractivity contribution in [2.45, 2.75) is 31.8 Å². The van der Waals surface area contributed by atoms with Gasteiger partial charge in [-0.1, -0.05) is 11.1 Å². The van der Waals surface area contributed by atoms with E-state index in [-0.39, 0.29) is 36.9 Å². The van der Waals surface area contributed by atoms with E-state index in [2.05, 4.69) is 0 Å². The Morgan fingerprint density at radius 3 is 2.72 bits per heavy atom. The Bertz CT molecular complexity index is 430. The van der Waals surface area contributed by atoms with Crippen LogP contribution in [-0.2, 0) is 34.9 Å². The van der Waals surface area contributed by atoms with Crippen LogP contribution in [0, 0.1) is 0 Å². The minimum Gasteiger partial charge on any atom is -0.772 e. The fourth-order valence-corrected chi connectivity index (χ4v) is 3.08. The predicted octanol–water partition coefficient (Wildman–Crippen LogP) is -0.302. The van der Waals surface area contributed by atoms with Crippen LogP contribution in [0.5, 0.6) is 0 Å².